The van der Waals surface area contributed by atoms with Crippen molar-refractivity contribution in [3.05, 3.63) is 42.8 Å². The third-order valence-electron chi connectivity index (χ3n) is 3.23. The van der Waals surface area contributed by atoms with Crippen molar-refractivity contribution >= 4 is 0 Å². The van der Waals surface area contributed by atoms with Gasteiger partial charge in [-0.3, -0.25) is 0 Å². The summed E-state index contributed by atoms with van der Waals surface area (Å²) in [4.78, 5) is 0. The van der Waals surface area contributed by atoms with E-state index < -0.39 is 0 Å². The van der Waals surface area contributed by atoms with E-state index in [0.717, 1.165) is 12.3 Å². The topological polar surface area (TPSA) is 0 Å². The summed E-state index contributed by atoms with van der Waals surface area (Å²) in [6.45, 7) is 6.19. The van der Waals surface area contributed by atoms with Gasteiger partial charge in [0.2, 0.25) is 0 Å². The Labute approximate surface area is 101 Å². The number of unbranched alkanes of at least 4 members (excludes halogenated alkanes) is 3. The number of hydrogen-bond acceptors (Lipinski definition) is 0. The summed E-state index contributed by atoms with van der Waals surface area (Å²) < 4.78 is 0. The van der Waals surface area contributed by atoms with Crippen molar-refractivity contribution in [2.75, 3.05) is 0 Å². The second-order valence-electron chi connectivity index (χ2n) is 4.60. The van der Waals surface area contributed by atoms with Gasteiger partial charge in [-0.25, -0.2) is 0 Å². The van der Waals surface area contributed by atoms with Gasteiger partial charge in [0.1, 0.15) is 0 Å². The van der Waals surface area contributed by atoms with E-state index in [0.29, 0.717) is 0 Å². The van der Waals surface area contributed by atoms with Crippen molar-refractivity contribution in [1.29, 1.82) is 0 Å². The van der Waals surface area contributed by atoms with Gasteiger partial charge >= 0.3 is 0 Å². The standard InChI is InChI=1S/C16H25/c1-3-5-8-12-15(11-6-4-2)16-13-9-7-10-14-16/h7,9-10,13-15H,1,3-6,8,11-12H2,2H3. The predicted molar refractivity (Wildman–Crippen MR) is 72.5 cm³/mol. The van der Waals surface area contributed by atoms with Crippen molar-refractivity contribution in [3.8, 4) is 0 Å². The highest BCUT2D eigenvalue weighted by Crippen LogP contribution is 2.27. The van der Waals surface area contributed by atoms with Crippen LogP contribution in [-0.2, 0) is 0 Å². The third kappa shape index (κ3) is 4.83. The lowest BCUT2D eigenvalue weighted by molar-refractivity contribution is 0.519. The largest absolute Gasteiger partial charge is 0.0654 e. The second-order valence-corrected chi connectivity index (χ2v) is 4.60. The van der Waals surface area contributed by atoms with E-state index >= 15 is 0 Å². The first-order valence-electron chi connectivity index (χ1n) is 6.72. The molecule has 0 nitrogen and oxygen atoms in total. The minimum absolute atomic E-state index is 0.771. The van der Waals surface area contributed by atoms with Crippen molar-refractivity contribution < 1.29 is 0 Å². The minimum atomic E-state index is 0.771. The van der Waals surface area contributed by atoms with Gasteiger partial charge in [-0.05, 0) is 24.3 Å². The fourth-order valence-corrected chi connectivity index (χ4v) is 2.22. The molecule has 1 unspecified atom stereocenters. The average Bonchev–Trinajstić information content (AvgIpc) is 2.35. The van der Waals surface area contributed by atoms with Gasteiger partial charge in [0.15, 0.2) is 0 Å². The predicted octanol–water partition coefficient (Wildman–Crippen LogP) is 5.35. The molecule has 1 aromatic carbocycles. The van der Waals surface area contributed by atoms with Crippen molar-refractivity contribution in [2.45, 2.75) is 57.8 Å². The van der Waals surface area contributed by atoms with E-state index in [-0.39, 0.29) is 0 Å². The molecule has 0 saturated carbocycles. The molecule has 0 aliphatic carbocycles. The Hall–Kier alpha value is -0.780. The molecule has 0 bridgehead atoms. The Morgan fingerprint density at radius 1 is 1.00 bits per heavy atom. The van der Waals surface area contributed by atoms with E-state index in [2.05, 4.69) is 44.2 Å². The number of rotatable bonds is 8. The van der Waals surface area contributed by atoms with Gasteiger partial charge in [0.05, 0.1) is 0 Å². The second kappa shape index (κ2) is 8.38. The van der Waals surface area contributed by atoms with Crippen LogP contribution in [0.4, 0.5) is 0 Å². The summed E-state index contributed by atoms with van der Waals surface area (Å²) in [5.74, 6) is 0.771. The molecule has 0 N–H and O–H groups in total. The first-order valence-corrected chi connectivity index (χ1v) is 6.72. The molecule has 16 heavy (non-hydrogen) atoms. The van der Waals surface area contributed by atoms with Gasteiger partial charge in [-0.2, -0.15) is 0 Å². The Morgan fingerprint density at radius 3 is 2.31 bits per heavy atom. The van der Waals surface area contributed by atoms with E-state index in [4.69, 9.17) is 0 Å². The molecule has 0 fully saturated rings. The van der Waals surface area contributed by atoms with E-state index in [1.165, 1.54) is 44.1 Å². The molecular formula is C16H25. The average molecular weight is 217 g/mol. The highest BCUT2D eigenvalue weighted by Gasteiger charge is 2.09. The van der Waals surface area contributed by atoms with E-state index in [1.807, 2.05) is 0 Å². The van der Waals surface area contributed by atoms with E-state index in [9.17, 15) is 0 Å². The van der Waals surface area contributed by atoms with Crippen LogP contribution < -0.4 is 0 Å². The van der Waals surface area contributed by atoms with Crippen LogP contribution in [-0.4, -0.2) is 0 Å². The van der Waals surface area contributed by atoms with Crippen LogP contribution in [0.2, 0.25) is 0 Å². The SMILES string of the molecule is [CH2]CCCCC(CCCC)c1ccccc1. The highest BCUT2D eigenvalue weighted by atomic mass is 14.1. The molecule has 1 rings (SSSR count). The van der Waals surface area contributed by atoms with Crippen LogP contribution in [0.25, 0.3) is 0 Å². The molecule has 0 heterocycles. The van der Waals surface area contributed by atoms with Crippen LogP contribution >= 0.6 is 0 Å². The molecule has 0 saturated heterocycles. The normalized spacial score (nSPS) is 12.6. The number of benzene rings is 1. The summed E-state index contributed by atoms with van der Waals surface area (Å²) >= 11 is 0. The highest BCUT2D eigenvalue weighted by molar-refractivity contribution is 5.19. The van der Waals surface area contributed by atoms with Gasteiger partial charge in [0.25, 0.3) is 0 Å². The smallest absolute Gasteiger partial charge is 0.0162 e. The Kier molecular flexibility index (Phi) is 6.96. The molecule has 89 valence electrons. The molecule has 0 amide bonds. The molecule has 1 aromatic rings. The summed E-state index contributed by atoms with van der Waals surface area (Å²) in [7, 11) is 0. The molecule has 0 spiro atoms. The van der Waals surface area contributed by atoms with Gasteiger partial charge < -0.3 is 0 Å². The monoisotopic (exact) mass is 217 g/mol. The fraction of sp³-hybridized carbons (Fsp3) is 0.562. The van der Waals surface area contributed by atoms with Crippen LogP contribution in [0.15, 0.2) is 30.3 Å². The Balaban J connectivity index is 2.49. The van der Waals surface area contributed by atoms with Gasteiger partial charge in [-0.1, -0.05) is 76.3 Å². The summed E-state index contributed by atoms with van der Waals surface area (Å²) in [5.41, 5.74) is 1.53. The van der Waals surface area contributed by atoms with Crippen molar-refractivity contribution in [1.82, 2.24) is 0 Å². The molecule has 1 atom stereocenters. The fourth-order valence-electron chi connectivity index (χ4n) is 2.22. The lowest BCUT2D eigenvalue weighted by Crippen LogP contribution is -1.99. The maximum absolute atomic E-state index is 3.92. The Bertz CT molecular complexity index is 250. The molecule has 1 radical (unpaired) electrons. The first kappa shape index (κ1) is 13.3. The maximum Gasteiger partial charge on any atom is -0.0162 e. The van der Waals surface area contributed by atoms with Gasteiger partial charge in [-0.15, -0.1) is 0 Å². The quantitative estimate of drug-likeness (QED) is 0.514. The third-order valence-corrected chi connectivity index (χ3v) is 3.23. The molecule has 0 aliphatic rings. The van der Waals surface area contributed by atoms with Crippen LogP contribution in [0.3, 0.4) is 0 Å². The maximum atomic E-state index is 3.92. The Morgan fingerprint density at radius 2 is 1.69 bits per heavy atom. The zero-order valence-corrected chi connectivity index (χ0v) is 10.6. The molecule has 0 aliphatic heterocycles. The zero-order chi connectivity index (χ0) is 11.6. The molecule has 0 aromatic heterocycles. The zero-order valence-electron chi connectivity index (χ0n) is 10.6. The molecule has 0 heteroatoms. The van der Waals surface area contributed by atoms with Crippen LogP contribution in [0.1, 0.15) is 63.4 Å². The lowest BCUT2D eigenvalue weighted by atomic mass is 9.89. The van der Waals surface area contributed by atoms with Crippen molar-refractivity contribution in [3.63, 3.8) is 0 Å². The lowest BCUT2D eigenvalue weighted by Gasteiger charge is -2.16. The summed E-state index contributed by atoms with van der Waals surface area (Å²) in [6.07, 6.45) is 9.01. The van der Waals surface area contributed by atoms with Crippen LogP contribution in [0, 0.1) is 6.92 Å². The van der Waals surface area contributed by atoms with E-state index in [1.54, 1.807) is 0 Å². The summed E-state index contributed by atoms with van der Waals surface area (Å²) in [5, 5.41) is 0. The minimum Gasteiger partial charge on any atom is -0.0654 e. The molecular weight excluding hydrogens is 192 g/mol. The van der Waals surface area contributed by atoms with Gasteiger partial charge in [0, 0.05) is 0 Å². The number of hydrogen-bond donors (Lipinski definition) is 0. The van der Waals surface area contributed by atoms with Crippen LogP contribution in [0.5, 0.6) is 0 Å². The van der Waals surface area contributed by atoms with Crippen molar-refractivity contribution in [2.24, 2.45) is 0 Å². The first-order chi connectivity index (χ1) is 7.88. The summed E-state index contributed by atoms with van der Waals surface area (Å²) in [6, 6.07) is 11.0.